The summed E-state index contributed by atoms with van der Waals surface area (Å²) in [4.78, 5) is 0. The maximum Gasteiger partial charge on any atom is 0.0643 e. The highest BCUT2D eigenvalue weighted by atomic mass is 35.5. The minimum atomic E-state index is 0.0450. The number of nitrogens with one attached hydrogen (secondary N) is 1. The zero-order chi connectivity index (χ0) is 14.8. The number of hydrogen-bond acceptors (Lipinski definition) is 2. The summed E-state index contributed by atoms with van der Waals surface area (Å²) in [5, 5.41) is 8.13. The van der Waals surface area contributed by atoms with E-state index in [1.54, 1.807) is 11.3 Å². The van der Waals surface area contributed by atoms with Gasteiger partial charge < -0.3 is 5.32 Å². The standard InChI is InChI=1S/C17H15Cl2NS/c1-2-20-16(12-6-4-8-14(18)15(12)19)13-7-3-5-11-9-10-21-17(11)13/h3-10,16,20H,2H2,1H3. The maximum atomic E-state index is 6.43. The van der Waals surface area contributed by atoms with Crippen LogP contribution in [0.5, 0.6) is 0 Å². The smallest absolute Gasteiger partial charge is 0.0643 e. The summed E-state index contributed by atoms with van der Waals surface area (Å²) in [6, 6.07) is 14.4. The fraction of sp³-hybridized carbons (Fsp3) is 0.176. The van der Waals surface area contributed by atoms with E-state index in [9.17, 15) is 0 Å². The van der Waals surface area contributed by atoms with Crippen LogP contribution in [0.1, 0.15) is 24.1 Å². The minimum absolute atomic E-state index is 0.0450. The van der Waals surface area contributed by atoms with Crippen molar-refractivity contribution in [3.05, 3.63) is 69.0 Å². The van der Waals surface area contributed by atoms with Crippen molar-refractivity contribution in [2.75, 3.05) is 6.54 Å². The zero-order valence-electron chi connectivity index (χ0n) is 11.6. The van der Waals surface area contributed by atoms with E-state index in [4.69, 9.17) is 23.2 Å². The van der Waals surface area contributed by atoms with Gasteiger partial charge in [-0.2, -0.15) is 0 Å². The van der Waals surface area contributed by atoms with E-state index in [1.807, 2.05) is 18.2 Å². The second kappa shape index (κ2) is 6.37. The van der Waals surface area contributed by atoms with Crippen LogP contribution in [0.25, 0.3) is 10.1 Å². The Morgan fingerprint density at radius 3 is 2.62 bits per heavy atom. The lowest BCUT2D eigenvalue weighted by atomic mass is 9.97. The van der Waals surface area contributed by atoms with Gasteiger partial charge in [-0.1, -0.05) is 60.5 Å². The normalized spacial score (nSPS) is 12.7. The molecular formula is C17H15Cl2NS. The monoisotopic (exact) mass is 335 g/mol. The van der Waals surface area contributed by atoms with E-state index in [-0.39, 0.29) is 6.04 Å². The SMILES string of the molecule is CCNC(c1cccc(Cl)c1Cl)c1cccc2ccsc12. The Morgan fingerprint density at radius 2 is 1.81 bits per heavy atom. The number of benzene rings is 2. The van der Waals surface area contributed by atoms with Crippen LogP contribution < -0.4 is 5.32 Å². The second-order valence-electron chi connectivity index (χ2n) is 4.82. The molecule has 0 aliphatic rings. The number of thiophene rings is 1. The van der Waals surface area contributed by atoms with E-state index in [1.165, 1.54) is 15.6 Å². The molecule has 1 heterocycles. The average molecular weight is 336 g/mol. The van der Waals surface area contributed by atoms with Gasteiger partial charge in [0.05, 0.1) is 16.1 Å². The van der Waals surface area contributed by atoms with Gasteiger partial charge in [-0.15, -0.1) is 11.3 Å². The van der Waals surface area contributed by atoms with E-state index in [0.29, 0.717) is 10.0 Å². The van der Waals surface area contributed by atoms with Crippen LogP contribution in [0, 0.1) is 0 Å². The number of rotatable bonds is 4. The Kier molecular flexibility index (Phi) is 4.51. The predicted octanol–water partition coefficient (Wildman–Crippen LogP) is 5.91. The number of hydrogen-bond donors (Lipinski definition) is 1. The summed E-state index contributed by atoms with van der Waals surface area (Å²) in [6.45, 7) is 2.95. The predicted molar refractivity (Wildman–Crippen MR) is 93.8 cm³/mol. The van der Waals surface area contributed by atoms with E-state index >= 15 is 0 Å². The molecule has 1 atom stereocenters. The van der Waals surface area contributed by atoms with E-state index in [0.717, 1.165) is 12.1 Å². The van der Waals surface area contributed by atoms with Gasteiger partial charge in [-0.05, 0) is 40.6 Å². The molecule has 0 saturated heterocycles. The molecule has 0 aliphatic carbocycles. The third kappa shape index (κ3) is 2.82. The fourth-order valence-corrected chi connectivity index (χ4v) is 3.94. The molecule has 1 nitrogen and oxygen atoms in total. The van der Waals surface area contributed by atoms with Crippen LogP contribution in [0.15, 0.2) is 47.8 Å². The second-order valence-corrected chi connectivity index (χ2v) is 6.52. The van der Waals surface area contributed by atoms with Crippen molar-refractivity contribution in [2.45, 2.75) is 13.0 Å². The zero-order valence-corrected chi connectivity index (χ0v) is 13.9. The lowest BCUT2D eigenvalue weighted by Crippen LogP contribution is -2.22. The first kappa shape index (κ1) is 14.9. The summed E-state index contributed by atoms with van der Waals surface area (Å²) in [6.07, 6.45) is 0. The highest BCUT2D eigenvalue weighted by molar-refractivity contribution is 7.17. The van der Waals surface area contributed by atoms with Crippen molar-refractivity contribution < 1.29 is 0 Å². The minimum Gasteiger partial charge on any atom is -0.306 e. The van der Waals surface area contributed by atoms with Crippen molar-refractivity contribution in [3.8, 4) is 0 Å². The van der Waals surface area contributed by atoms with E-state index in [2.05, 4.69) is 41.9 Å². The van der Waals surface area contributed by atoms with Crippen LogP contribution >= 0.6 is 34.5 Å². The van der Waals surface area contributed by atoms with Gasteiger partial charge in [0.1, 0.15) is 0 Å². The fourth-order valence-electron chi connectivity index (χ4n) is 2.58. The summed E-state index contributed by atoms with van der Waals surface area (Å²) in [5.41, 5.74) is 2.26. The Bertz CT molecular complexity index is 766. The summed E-state index contributed by atoms with van der Waals surface area (Å²) in [5.74, 6) is 0. The molecule has 4 heteroatoms. The molecule has 0 fully saturated rings. The van der Waals surface area contributed by atoms with Crippen molar-refractivity contribution in [2.24, 2.45) is 0 Å². The average Bonchev–Trinajstić information content (AvgIpc) is 2.97. The molecular weight excluding hydrogens is 321 g/mol. The van der Waals surface area contributed by atoms with Gasteiger partial charge in [-0.3, -0.25) is 0 Å². The maximum absolute atomic E-state index is 6.43. The third-order valence-electron chi connectivity index (χ3n) is 3.52. The molecule has 0 spiro atoms. The van der Waals surface area contributed by atoms with Crippen LogP contribution in [0.3, 0.4) is 0 Å². The molecule has 108 valence electrons. The molecule has 0 aliphatic heterocycles. The van der Waals surface area contributed by atoms with Crippen molar-refractivity contribution in [3.63, 3.8) is 0 Å². The van der Waals surface area contributed by atoms with Crippen LogP contribution in [0.2, 0.25) is 10.0 Å². The molecule has 0 amide bonds. The number of fused-ring (bicyclic) bond motifs is 1. The molecule has 1 N–H and O–H groups in total. The van der Waals surface area contributed by atoms with Crippen LogP contribution in [-0.2, 0) is 0 Å². The molecule has 2 aromatic carbocycles. The summed E-state index contributed by atoms with van der Waals surface area (Å²) < 4.78 is 1.29. The largest absolute Gasteiger partial charge is 0.306 e. The number of halogens is 2. The van der Waals surface area contributed by atoms with Gasteiger partial charge >= 0.3 is 0 Å². The van der Waals surface area contributed by atoms with Gasteiger partial charge in [0.15, 0.2) is 0 Å². The lowest BCUT2D eigenvalue weighted by molar-refractivity contribution is 0.635. The molecule has 0 bridgehead atoms. The van der Waals surface area contributed by atoms with Crippen molar-refractivity contribution >= 4 is 44.6 Å². The Hall–Kier alpha value is -1.06. The van der Waals surface area contributed by atoms with Gasteiger partial charge in [0.25, 0.3) is 0 Å². The Labute approximate surface area is 138 Å². The van der Waals surface area contributed by atoms with Gasteiger partial charge in [0.2, 0.25) is 0 Å². The summed E-state index contributed by atoms with van der Waals surface area (Å²) >= 11 is 14.4. The topological polar surface area (TPSA) is 12.0 Å². The highest BCUT2D eigenvalue weighted by Gasteiger charge is 2.19. The van der Waals surface area contributed by atoms with E-state index < -0.39 is 0 Å². The van der Waals surface area contributed by atoms with Gasteiger partial charge in [0, 0.05) is 4.70 Å². The quantitative estimate of drug-likeness (QED) is 0.625. The molecule has 0 saturated carbocycles. The first-order valence-corrected chi connectivity index (χ1v) is 8.49. The van der Waals surface area contributed by atoms with Crippen LogP contribution in [0.4, 0.5) is 0 Å². The molecule has 21 heavy (non-hydrogen) atoms. The van der Waals surface area contributed by atoms with Gasteiger partial charge in [-0.25, -0.2) is 0 Å². The summed E-state index contributed by atoms with van der Waals surface area (Å²) in [7, 11) is 0. The molecule has 3 rings (SSSR count). The molecule has 0 radical (unpaired) electrons. The highest BCUT2D eigenvalue weighted by Crippen LogP contribution is 2.37. The van der Waals surface area contributed by atoms with Crippen molar-refractivity contribution in [1.82, 2.24) is 5.32 Å². The third-order valence-corrected chi connectivity index (χ3v) is 5.33. The molecule has 1 aromatic heterocycles. The Morgan fingerprint density at radius 1 is 1.05 bits per heavy atom. The first-order valence-electron chi connectivity index (χ1n) is 6.85. The first-order chi connectivity index (χ1) is 10.2. The Balaban J connectivity index is 2.18. The van der Waals surface area contributed by atoms with Crippen molar-refractivity contribution in [1.29, 1.82) is 0 Å². The molecule has 1 unspecified atom stereocenters. The van der Waals surface area contributed by atoms with Crippen LogP contribution in [-0.4, -0.2) is 6.54 Å². The molecule has 3 aromatic rings. The lowest BCUT2D eigenvalue weighted by Gasteiger charge is -2.21.